The number of pyridine rings is 1. The average molecular weight is 385 g/mol. The summed E-state index contributed by atoms with van der Waals surface area (Å²) >= 11 is 1.45. The highest BCUT2D eigenvalue weighted by molar-refractivity contribution is 7.11. The van der Waals surface area contributed by atoms with Gasteiger partial charge in [0.15, 0.2) is 0 Å². The summed E-state index contributed by atoms with van der Waals surface area (Å²) in [6, 6.07) is 10.6. The second kappa shape index (κ2) is 7.59. The van der Waals surface area contributed by atoms with Gasteiger partial charge in [0.2, 0.25) is 0 Å². The van der Waals surface area contributed by atoms with Crippen LogP contribution in [0.2, 0.25) is 0 Å². The molecule has 0 unspecified atom stereocenters. The summed E-state index contributed by atoms with van der Waals surface area (Å²) in [5.41, 5.74) is 3.35. The maximum absolute atomic E-state index is 12.4. The molecule has 0 saturated carbocycles. The minimum atomic E-state index is -0.252. The third-order valence-corrected chi connectivity index (χ3v) is 5.35. The minimum absolute atomic E-state index is 0.252. The number of imide groups is 1. The van der Waals surface area contributed by atoms with E-state index < -0.39 is 0 Å². The Hall–Kier alpha value is -3.56. The van der Waals surface area contributed by atoms with Crippen molar-refractivity contribution in [1.29, 1.82) is 0 Å². The fourth-order valence-corrected chi connectivity index (χ4v) is 3.84. The van der Waals surface area contributed by atoms with E-state index in [-0.39, 0.29) is 18.4 Å². The molecule has 3 aromatic rings. The number of carbonyl (C=O) groups excluding carboxylic acids is 2. The van der Waals surface area contributed by atoms with Crippen LogP contribution in [-0.4, -0.2) is 33.2 Å². The number of aromatic nitrogens is 2. The first kappa shape index (κ1) is 17.8. The number of carbonyl (C=O) groups is 2. The van der Waals surface area contributed by atoms with Gasteiger partial charge in [0, 0.05) is 30.7 Å². The Kier molecular flexibility index (Phi) is 4.83. The van der Waals surface area contributed by atoms with Crippen LogP contribution in [0.3, 0.4) is 0 Å². The van der Waals surface area contributed by atoms with Gasteiger partial charge in [-0.1, -0.05) is 18.1 Å². The molecule has 1 aliphatic heterocycles. The first-order valence-electron chi connectivity index (χ1n) is 8.65. The third-order valence-electron chi connectivity index (χ3n) is 4.42. The Morgan fingerprint density at radius 2 is 1.79 bits per heavy atom. The predicted molar refractivity (Wildman–Crippen MR) is 109 cm³/mol. The molecule has 0 bridgehead atoms. The molecule has 0 aliphatic carbocycles. The Balaban J connectivity index is 1.48. The second-order valence-corrected chi connectivity index (χ2v) is 7.04. The Bertz CT molecular complexity index is 1090. The smallest absolute Gasteiger partial charge is 0.261 e. The van der Waals surface area contributed by atoms with Crippen molar-refractivity contribution in [3.8, 4) is 12.3 Å². The van der Waals surface area contributed by atoms with Crippen molar-refractivity contribution >= 4 is 34.8 Å². The lowest BCUT2D eigenvalue weighted by Gasteiger charge is -2.12. The van der Waals surface area contributed by atoms with Gasteiger partial charge in [0.25, 0.3) is 11.8 Å². The number of hydrogen-bond acceptors (Lipinski definition) is 5. The number of nitrogens with zero attached hydrogens (tertiary/aromatic N) is 3. The summed E-state index contributed by atoms with van der Waals surface area (Å²) in [4.78, 5) is 34.7. The lowest BCUT2D eigenvalue weighted by molar-refractivity contribution is 0.0656. The van der Waals surface area contributed by atoms with Crippen LogP contribution in [0, 0.1) is 12.3 Å². The van der Waals surface area contributed by atoms with Gasteiger partial charge in [-0.05, 0) is 35.9 Å². The highest BCUT2D eigenvalue weighted by Gasteiger charge is 2.34. The maximum atomic E-state index is 12.4. The summed E-state index contributed by atoms with van der Waals surface area (Å²) in [5.74, 6) is 2.17. The van der Waals surface area contributed by atoms with Crippen molar-refractivity contribution in [2.24, 2.45) is 0 Å². The number of allylic oxidation sites excluding steroid dienone is 1. The fraction of sp³-hybridized carbons (Fsp3) is 0.0909. The molecule has 0 N–H and O–H groups in total. The summed E-state index contributed by atoms with van der Waals surface area (Å²) in [6.07, 6.45) is 11.4. The van der Waals surface area contributed by atoms with Gasteiger partial charge in [-0.2, -0.15) is 0 Å². The number of benzene rings is 1. The van der Waals surface area contributed by atoms with Gasteiger partial charge < -0.3 is 0 Å². The molecular weight excluding hydrogens is 370 g/mol. The molecule has 2 aromatic heterocycles. The number of fused-ring (bicyclic) bond motifs is 1. The van der Waals surface area contributed by atoms with E-state index in [1.54, 1.807) is 36.7 Å². The molecule has 1 aliphatic rings. The number of rotatable bonds is 5. The van der Waals surface area contributed by atoms with Crippen LogP contribution in [0.5, 0.6) is 0 Å². The van der Waals surface area contributed by atoms with Crippen molar-refractivity contribution in [3.05, 3.63) is 81.6 Å². The first-order valence-corrected chi connectivity index (χ1v) is 9.53. The average Bonchev–Trinajstić information content (AvgIpc) is 3.29. The molecule has 5 nitrogen and oxygen atoms in total. The fourth-order valence-electron chi connectivity index (χ4n) is 3.01. The van der Waals surface area contributed by atoms with Crippen LogP contribution in [0.15, 0.2) is 54.2 Å². The van der Waals surface area contributed by atoms with Gasteiger partial charge in [-0.3, -0.25) is 19.5 Å². The zero-order chi connectivity index (χ0) is 19.5. The topological polar surface area (TPSA) is 63.2 Å². The highest BCUT2D eigenvalue weighted by Crippen LogP contribution is 2.24. The zero-order valence-corrected chi connectivity index (χ0v) is 15.6. The van der Waals surface area contributed by atoms with Gasteiger partial charge in [-0.15, -0.1) is 17.8 Å². The van der Waals surface area contributed by atoms with Crippen LogP contribution in [0.25, 0.3) is 11.6 Å². The highest BCUT2D eigenvalue weighted by atomic mass is 32.1. The maximum Gasteiger partial charge on any atom is 0.261 e. The van der Waals surface area contributed by atoms with E-state index in [1.807, 2.05) is 23.6 Å². The standard InChI is InChI=1S/C22H15N3O2S/c1-2-16(13-15-7-10-23-11-8-15)20-24-17(14-28-20)9-12-25-21(26)18-5-3-4-6-19(18)22(25)27/h1,3-8,10-11,13-14H,9,12H2/b16-13+. The van der Waals surface area contributed by atoms with Crippen molar-refractivity contribution in [2.75, 3.05) is 6.54 Å². The number of hydrogen-bond donors (Lipinski definition) is 0. The molecule has 136 valence electrons. The van der Waals surface area contributed by atoms with E-state index >= 15 is 0 Å². The molecule has 4 rings (SSSR count). The molecule has 0 radical (unpaired) electrons. The molecule has 2 amide bonds. The second-order valence-electron chi connectivity index (χ2n) is 6.18. The molecule has 0 spiro atoms. The quantitative estimate of drug-likeness (QED) is 0.498. The summed E-state index contributed by atoms with van der Waals surface area (Å²) < 4.78 is 0. The molecule has 28 heavy (non-hydrogen) atoms. The molecule has 0 fully saturated rings. The summed E-state index contributed by atoms with van der Waals surface area (Å²) in [5, 5.41) is 2.64. The normalized spacial score (nSPS) is 13.5. The van der Waals surface area contributed by atoms with Crippen LogP contribution in [0.4, 0.5) is 0 Å². The summed E-state index contributed by atoms with van der Waals surface area (Å²) in [7, 11) is 0. The van der Waals surface area contributed by atoms with E-state index in [4.69, 9.17) is 6.42 Å². The molecule has 6 heteroatoms. The van der Waals surface area contributed by atoms with Gasteiger partial charge in [0.05, 0.1) is 22.4 Å². The van der Waals surface area contributed by atoms with Crippen LogP contribution in [0.1, 0.15) is 37.0 Å². The Morgan fingerprint density at radius 1 is 1.11 bits per heavy atom. The van der Waals surface area contributed by atoms with E-state index in [9.17, 15) is 9.59 Å². The van der Waals surface area contributed by atoms with Gasteiger partial charge in [0.1, 0.15) is 5.01 Å². The van der Waals surface area contributed by atoms with Gasteiger partial charge in [-0.25, -0.2) is 4.98 Å². The van der Waals surface area contributed by atoms with E-state index in [0.717, 1.165) is 16.3 Å². The Labute approximate surface area is 166 Å². The molecule has 1 aromatic carbocycles. The van der Waals surface area contributed by atoms with Crippen LogP contribution >= 0.6 is 11.3 Å². The van der Waals surface area contributed by atoms with Crippen molar-refractivity contribution in [3.63, 3.8) is 0 Å². The molecular formula is C22H15N3O2S. The minimum Gasteiger partial charge on any atom is -0.274 e. The summed E-state index contributed by atoms with van der Waals surface area (Å²) in [6.45, 7) is 0.287. The SMILES string of the molecule is C#C/C(=C\c1ccncc1)c1nc(CCN2C(=O)c3ccccc3C2=O)cs1. The van der Waals surface area contributed by atoms with Crippen molar-refractivity contribution < 1.29 is 9.59 Å². The van der Waals surface area contributed by atoms with E-state index in [1.165, 1.54) is 16.2 Å². The van der Waals surface area contributed by atoms with Crippen molar-refractivity contribution in [1.82, 2.24) is 14.9 Å². The first-order chi connectivity index (χ1) is 13.7. The van der Waals surface area contributed by atoms with Gasteiger partial charge >= 0.3 is 0 Å². The largest absolute Gasteiger partial charge is 0.274 e. The molecule has 0 saturated heterocycles. The van der Waals surface area contributed by atoms with E-state index in [2.05, 4.69) is 15.9 Å². The van der Waals surface area contributed by atoms with Crippen LogP contribution in [-0.2, 0) is 6.42 Å². The number of terminal acetylenes is 1. The third kappa shape index (κ3) is 3.36. The predicted octanol–water partition coefficient (Wildman–Crippen LogP) is 3.55. The zero-order valence-electron chi connectivity index (χ0n) is 14.8. The lowest BCUT2D eigenvalue weighted by Crippen LogP contribution is -2.31. The number of thiazole rings is 1. The Morgan fingerprint density at radius 3 is 2.43 bits per heavy atom. The molecule has 0 atom stereocenters. The van der Waals surface area contributed by atoms with E-state index in [0.29, 0.717) is 23.1 Å². The van der Waals surface area contributed by atoms with Crippen LogP contribution < -0.4 is 0 Å². The number of amides is 2. The monoisotopic (exact) mass is 385 g/mol. The van der Waals surface area contributed by atoms with Crippen molar-refractivity contribution in [2.45, 2.75) is 6.42 Å². The lowest BCUT2D eigenvalue weighted by atomic mass is 10.1. The molecule has 3 heterocycles.